The Morgan fingerprint density at radius 1 is 0.852 bits per heavy atom. The lowest BCUT2D eigenvalue weighted by Gasteiger charge is -2.26. The molecule has 0 aromatic heterocycles. The quantitative estimate of drug-likeness (QED) is 0.704. The molecule has 0 saturated heterocycles. The molecule has 2 heteroatoms. The van der Waals surface area contributed by atoms with Crippen molar-refractivity contribution in [1.29, 1.82) is 0 Å². The highest BCUT2D eigenvalue weighted by atomic mass is 16.2. The third-order valence-electron chi connectivity index (χ3n) is 4.59. The van der Waals surface area contributed by atoms with Crippen molar-refractivity contribution in [3.63, 3.8) is 0 Å². The number of benzene rings is 2. The molecule has 2 nitrogen and oxygen atoms in total. The number of rotatable bonds is 2. The van der Waals surface area contributed by atoms with E-state index in [2.05, 4.69) is 11.8 Å². The van der Waals surface area contributed by atoms with Crippen LogP contribution in [0.15, 0.2) is 96.6 Å². The molecule has 0 spiro atoms. The molecule has 4 rings (SSSR count). The van der Waals surface area contributed by atoms with Crippen LogP contribution in [0.3, 0.4) is 0 Å². The van der Waals surface area contributed by atoms with Gasteiger partial charge in [0.2, 0.25) is 5.91 Å². The molecule has 0 N–H and O–H groups in total. The van der Waals surface area contributed by atoms with E-state index < -0.39 is 0 Å². The smallest absolute Gasteiger partial charge is 0.231 e. The zero-order chi connectivity index (χ0) is 18.5. The van der Waals surface area contributed by atoms with E-state index in [1.165, 1.54) is 0 Å². The molecule has 1 amide bonds. The van der Waals surface area contributed by atoms with Gasteiger partial charge in [-0.3, -0.25) is 4.79 Å². The van der Waals surface area contributed by atoms with Crippen molar-refractivity contribution in [1.82, 2.24) is 0 Å². The van der Waals surface area contributed by atoms with Gasteiger partial charge in [0.05, 0.1) is 18.7 Å². The number of hydrogen-bond acceptors (Lipinski definition) is 1. The Hall–Kier alpha value is -3.57. The number of para-hydroxylation sites is 1. The lowest BCUT2D eigenvalue weighted by Crippen LogP contribution is -2.31. The monoisotopic (exact) mass is 349 g/mol. The van der Waals surface area contributed by atoms with E-state index in [0.717, 1.165) is 28.0 Å². The molecule has 130 valence electrons. The van der Waals surface area contributed by atoms with Crippen molar-refractivity contribution >= 4 is 11.6 Å². The molecule has 2 aliphatic rings. The van der Waals surface area contributed by atoms with Crippen LogP contribution in [0.1, 0.15) is 23.1 Å². The van der Waals surface area contributed by atoms with Crippen molar-refractivity contribution in [2.24, 2.45) is 0 Å². The van der Waals surface area contributed by atoms with Crippen LogP contribution in [0, 0.1) is 11.8 Å². The van der Waals surface area contributed by atoms with Crippen LogP contribution in [0.4, 0.5) is 5.69 Å². The predicted octanol–water partition coefficient (Wildman–Crippen LogP) is 4.93. The summed E-state index contributed by atoms with van der Waals surface area (Å²) in [7, 11) is 0. The van der Waals surface area contributed by atoms with E-state index in [9.17, 15) is 4.79 Å². The Labute approximate surface area is 159 Å². The van der Waals surface area contributed by atoms with Gasteiger partial charge in [-0.2, -0.15) is 0 Å². The molecule has 0 fully saturated rings. The zero-order valence-corrected chi connectivity index (χ0v) is 14.9. The van der Waals surface area contributed by atoms with Gasteiger partial charge in [-0.05, 0) is 29.3 Å². The third-order valence-corrected chi connectivity index (χ3v) is 4.59. The third kappa shape index (κ3) is 3.83. The van der Waals surface area contributed by atoms with Crippen molar-refractivity contribution in [3.8, 4) is 11.8 Å². The second-order valence-corrected chi connectivity index (χ2v) is 6.45. The molecule has 0 radical (unpaired) electrons. The summed E-state index contributed by atoms with van der Waals surface area (Å²) < 4.78 is 0. The molecule has 1 heterocycles. The van der Waals surface area contributed by atoms with Gasteiger partial charge in [0, 0.05) is 11.1 Å². The topological polar surface area (TPSA) is 20.3 Å². The maximum Gasteiger partial charge on any atom is 0.231 e. The Kier molecular flexibility index (Phi) is 4.85. The molecule has 1 aliphatic carbocycles. The van der Waals surface area contributed by atoms with Crippen LogP contribution < -0.4 is 4.90 Å². The summed E-state index contributed by atoms with van der Waals surface area (Å²) >= 11 is 0. The van der Waals surface area contributed by atoms with E-state index >= 15 is 0 Å². The maximum absolute atomic E-state index is 13.3. The fourth-order valence-corrected chi connectivity index (χ4v) is 3.20. The molecule has 2 aromatic carbocycles. The first-order valence-electron chi connectivity index (χ1n) is 9.01. The molecular formula is C25H19NO. The fourth-order valence-electron chi connectivity index (χ4n) is 3.20. The fraction of sp³-hybridized carbons (Fsp3) is 0.0800. The van der Waals surface area contributed by atoms with Gasteiger partial charge in [0.15, 0.2) is 0 Å². The first-order chi connectivity index (χ1) is 13.3. The minimum Gasteiger partial charge on any atom is -0.306 e. The second-order valence-electron chi connectivity index (χ2n) is 6.45. The summed E-state index contributed by atoms with van der Waals surface area (Å²) in [6.07, 6.45) is 14.1. The number of nitrogens with zero attached hydrogens (tertiary/aromatic N) is 1. The first kappa shape index (κ1) is 16.9. The molecule has 0 saturated carbocycles. The van der Waals surface area contributed by atoms with Crippen LogP contribution >= 0.6 is 0 Å². The van der Waals surface area contributed by atoms with Crippen LogP contribution in [-0.2, 0) is 11.3 Å². The summed E-state index contributed by atoms with van der Waals surface area (Å²) in [5, 5.41) is 0. The van der Waals surface area contributed by atoms with Gasteiger partial charge in [-0.25, -0.2) is 0 Å². The summed E-state index contributed by atoms with van der Waals surface area (Å²) in [6.45, 7) is 0.521. The molecule has 2 aromatic rings. The number of carbonyl (C=O) groups excluding carboxylic acids is 1. The Morgan fingerprint density at radius 3 is 2.48 bits per heavy atom. The van der Waals surface area contributed by atoms with E-state index in [1.807, 2.05) is 96.0 Å². The van der Waals surface area contributed by atoms with Gasteiger partial charge < -0.3 is 4.90 Å². The largest absolute Gasteiger partial charge is 0.306 e. The average Bonchev–Trinajstić information content (AvgIpc) is 2.65. The van der Waals surface area contributed by atoms with Gasteiger partial charge in [-0.1, -0.05) is 84.7 Å². The van der Waals surface area contributed by atoms with Crippen molar-refractivity contribution in [2.75, 3.05) is 4.90 Å². The van der Waals surface area contributed by atoms with E-state index in [4.69, 9.17) is 0 Å². The lowest BCUT2D eigenvalue weighted by atomic mass is 10.0. The van der Waals surface area contributed by atoms with Gasteiger partial charge in [0.1, 0.15) is 0 Å². The summed E-state index contributed by atoms with van der Waals surface area (Å²) in [5.74, 6) is 6.55. The number of anilines is 1. The van der Waals surface area contributed by atoms with Crippen LogP contribution in [0.25, 0.3) is 0 Å². The molecule has 27 heavy (non-hydrogen) atoms. The highest BCUT2D eigenvalue weighted by Gasteiger charge is 2.21. The van der Waals surface area contributed by atoms with Gasteiger partial charge in [-0.15, -0.1) is 0 Å². The summed E-state index contributed by atoms with van der Waals surface area (Å²) in [4.78, 5) is 15.1. The zero-order valence-electron chi connectivity index (χ0n) is 14.9. The van der Waals surface area contributed by atoms with Crippen molar-refractivity contribution in [3.05, 3.63) is 113 Å². The summed E-state index contributed by atoms with van der Waals surface area (Å²) in [6, 6.07) is 15.9. The molecular weight excluding hydrogens is 330 g/mol. The number of carbonyl (C=O) groups is 1. The standard InChI is InChI=1S/C25H19NO/c27-25(18-20-10-4-2-1-3-5-11-20)26-19-23-14-7-6-12-21(23)16-17-22-13-8-9-15-24(22)26/h1-15H,18-19H2/b2-1-,3-1?,4-2?,5-3-,10-4?,11-5?,20-10?,20-11?. The SMILES string of the molecule is O=C(CC1=C/C=C\C=C/C=C1)N1Cc2ccccc2C#Cc2ccccc21. The normalized spacial score (nSPS) is 16.9. The van der Waals surface area contributed by atoms with Crippen LogP contribution in [-0.4, -0.2) is 5.91 Å². The van der Waals surface area contributed by atoms with Gasteiger partial charge in [0.25, 0.3) is 0 Å². The predicted molar refractivity (Wildman–Crippen MR) is 110 cm³/mol. The van der Waals surface area contributed by atoms with Crippen LogP contribution in [0.2, 0.25) is 0 Å². The maximum atomic E-state index is 13.3. The van der Waals surface area contributed by atoms with E-state index in [-0.39, 0.29) is 5.91 Å². The van der Waals surface area contributed by atoms with E-state index in [0.29, 0.717) is 13.0 Å². The number of amides is 1. The molecule has 0 unspecified atom stereocenters. The Balaban J connectivity index is 1.71. The van der Waals surface area contributed by atoms with Gasteiger partial charge >= 0.3 is 0 Å². The van der Waals surface area contributed by atoms with Crippen molar-refractivity contribution < 1.29 is 4.79 Å². The Morgan fingerprint density at radius 2 is 1.56 bits per heavy atom. The minimum atomic E-state index is 0.0646. The number of fused-ring (bicyclic) bond motifs is 2. The summed E-state index contributed by atoms with van der Waals surface area (Å²) in [5.41, 5.74) is 4.78. The highest BCUT2D eigenvalue weighted by molar-refractivity contribution is 5.96. The molecule has 0 bridgehead atoms. The van der Waals surface area contributed by atoms with E-state index in [1.54, 1.807) is 0 Å². The molecule has 0 atom stereocenters. The number of hydrogen-bond donors (Lipinski definition) is 0. The first-order valence-corrected chi connectivity index (χ1v) is 9.01. The average molecular weight is 349 g/mol. The molecule has 1 aliphatic heterocycles. The number of allylic oxidation sites excluding steroid dienone is 7. The lowest BCUT2D eigenvalue weighted by molar-refractivity contribution is -0.118. The highest BCUT2D eigenvalue weighted by Crippen LogP contribution is 2.26. The minimum absolute atomic E-state index is 0.0646. The second kappa shape index (κ2) is 7.76. The van der Waals surface area contributed by atoms with Crippen molar-refractivity contribution in [2.45, 2.75) is 13.0 Å². The Bertz CT molecular complexity index is 1060. The van der Waals surface area contributed by atoms with Crippen LogP contribution in [0.5, 0.6) is 0 Å².